The maximum atomic E-state index is 13.1. The van der Waals surface area contributed by atoms with Crippen molar-refractivity contribution >= 4 is 35.0 Å². The standard InChI is InChI=1S/C21H20F3N3O2S/c22-14-1-3-15(4-2-14)25-9-11-26(12-10-25)18-13-19(28)27(20(18)29)16-5-7-17(8-6-16)30-21(23)24/h1-8,18,21H,9-13H2. The molecule has 0 aliphatic carbocycles. The first-order valence-electron chi connectivity index (χ1n) is 9.58. The van der Waals surface area contributed by atoms with Crippen molar-refractivity contribution in [3.05, 3.63) is 54.3 Å². The van der Waals surface area contributed by atoms with E-state index < -0.39 is 11.8 Å². The van der Waals surface area contributed by atoms with Crippen molar-refractivity contribution in [3.63, 3.8) is 0 Å². The molecule has 1 unspecified atom stereocenters. The number of hydrogen-bond donors (Lipinski definition) is 0. The van der Waals surface area contributed by atoms with E-state index in [9.17, 15) is 22.8 Å². The fraction of sp³-hybridized carbons (Fsp3) is 0.333. The lowest BCUT2D eigenvalue weighted by molar-refractivity contribution is -0.123. The second-order valence-corrected chi connectivity index (χ2v) is 8.22. The average Bonchev–Trinajstić information content (AvgIpc) is 3.03. The van der Waals surface area contributed by atoms with Gasteiger partial charge in [0.1, 0.15) is 5.82 Å². The SMILES string of the molecule is O=C1CC(N2CCN(c3ccc(F)cc3)CC2)C(=O)N1c1ccc(SC(F)F)cc1. The molecule has 0 aromatic heterocycles. The largest absolute Gasteiger partial charge is 0.369 e. The number of benzene rings is 2. The first-order valence-corrected chi connectivity index (χ1v) is 10.5. The lowest BCUT2D eigenvalue weighted by Crippen LogP contribution is -2.52. The van der Waals surface area contributed by atoms with Crippen LogP contribution >= 0.6 is 11.8 Å². The summed E-state index contributed by atoms with van der Waals surface area (Å²) >= 11 is 0.418. The number of amides is 2. The van der Waals surface area contributed by atoms with E-state index in [-0.39, 0.29) is 24.1 Å². The molecule has 2 fully saturated rings. The molecule has 5 nitrogen and oxygen atoms in total. The number of anilines is 2. The molecule has 9 heteroatoms. The molecular formula is C21H20F3N3O2S. The third-order valence-electron chi connectivity index (χ3n) is 5.39. The van der Waals surface area contributed by atoms with Gasteiger partial charge in [-0.15, -0.1) is 0 Å². The Kier molecular flexibility index (Phi) is 6.01. The van der Waals surface area contributed by atoms with E-state index in [2.05, 4.69) is 4.90 Å². The second kappa shape index (κ2) is 8.69. The number of thioether (sulfide) groups is 1. The number of halogens is 3. The van der Waals surface area contributed by atoms with Gasteiger partial charge >= 0.3 is 0 Å². The fourth-order valence-corrected chi connectivity index (χ4v) is 4.39. The summed E-state index contributed by atoms with van der Waals surface area (Å²) in [5, 5.41) is 0. The van der Waals surface area contributed by atoms with Crippen molar-refractivity contribution in [2.24, 2.45) is 0 Å². The first kappa shape index (κ1) is 20.7. The molecule has 0 N–H and O–H groups in total. The summed E-state index contributed by atoms with van der Waals surface area (Å²) in [6, 6.07) is 11.8. The van der Waals surface area contributed by atoms with Crippen molar-refractivity contribution in [1.82, 2.24) is 4.90 Å². The molecule has 1 atom stereocenters. The Labute approximate surface area is 176 Å². The molecule has 4 rings (SSSR count). The van der Waals surface area contributed by atoms with Gasteiger partial charge in [0.15, 0.2) is 0 Å². The molecule has 0 bridgehead atoms. The number of alkyl halides is 2. The van der Waals surface area contributed by atoms with Gasteiger partial charge in [-0.2, -0.15) is 8.78 Å². The first-order chi connectivity index (χ1) is 14.4. The van der Waals surface area contributed by atoms with E-state index in [1.807, 2.05) is 4.90 Å². The smallest absolute Gasteiger partial charge is 0.288 e. The van der Waals surface area contributed by atoms with Crippen LogP contribution in [-0.4, -0.2) is 54.7 Å². The van der Waals surface area contributed by atoms with Crippen molar-refractivity contribution in [1.29, 1.82) is 0 Å². The predicted octanol–water partition coefficient (Wildman–Crippen LogP) is 3.59. The minimum Gasteiger partial charge on any atom is -0.369 e. The third-order valence-corrected chi connectivity index (χ3v) is 6.11. The van der Waals surface area contributed by atoms with Gasteiger partial charge in [0.2, 0.25) is 5.91 Å². The van der Waals surface area contributed by atoms with Crippen LogP contribution in [-0.2, 0) is 9.59 Å². The van der Waals surface area contributed by atoms with Gasteiger partial charge in [-0.05, 0) is 48.5 Å². The van der Waals surface area contributed by atoms with E-state index in [1.165, 1.54) is 36.4 Å². The number of rotatable bonds is 5. The maximum absolute atomic E-state index is 13.1. The Hall–Kier alpha value is -2.52. The summed E-state index contributed by atoms with van der Waals surface area (Å²) in [5.41, 5.74) is 1.32. The Morgan fingerprint density at radius 3 is 2.07 bits per heavy atom. The quantitative estimate of drug-likeness (QED) is 0.531. The van der Waals surface area contributed by atoms with E-state index in [4.69, 9.17) is 0 Å². The van der Waals surface area contributed by atoms with Gasteiger partial charge in [0.25, 0.3) is 11.7 Å². The Bertz CT molecular complexity index is 916. The zero-order valence-corrected chi connectivity index (χ0v) is 16.8. The van der Waals surface area contributed by atoms with Gasteiger partial charge in [-0.1, -0.05) is 11.8 Å². The van der Waals surface area contributed by atoms with Crippen molar-refractivity contribution in [3.8, 4) is 0 Å². The minimum atomic E-state index is -2.52. The molecule has 0 saturated carbocycles. The zero-order valence-electron chi connectivity index (χ0n) is 16.0. The molecule has 0 spiro atoms. The summed E-state index contributed by atoms with van der Waals surface area (Å²) in [6.07, 6.45) is 0.100. The Balaban J connectivity index is 1.40. The summed E-state index contributed by atoms with van der Waals surface area (Å²) in [4.78, 5) is 31.1. The summed E-state index contributed by atoms with van der Waals surface area (Å²) in [5.74, 6) is -3.39. The van der Waals surface area contributed by atoms with Crippen LogP contribution in [0, 0.1) is 5.82 Å². The molecular weight excluding hydrogens is 415 g/mol. The van der Waals surface area contributed by atoms with E-state index >= 15 is 0 Å². The monoisotopic (exact) mass is 435 g/mol. The zero-order chi connectivity index (χ0) is 21.3. The molecule has 0 radical (unpaired) electrons. The number of nitrogens with zero attached hydrogens (tertiary/aromatic N) is 3. The molecule has 158 valence electrons. The topological polar surface area (TPSA) is 43.9 Å². The molecule has 30 heavy (non-hydrogen) atoms. The number of imide groups is 1. The van der Waals surface area contributed by atoms with Crippen LogP contribution in [0.25, 0.3) is 0 Å². The van der Waals surface area contributed by atoms with Crippen LogP contribution in [0.3, 0.4) is 0 Å². The molecule has 2 aliphatic rings. The summed E-state index contributed by atoms with van der Waals surface area (Å²) in [7, 11) is 0. The molecule has 2 amide bonds. The van der Waals surface area contributed by atoms with Gasteiger partial charge < -0.3 is 4.90 Å². The van der Waals surface area contributed by atoms with Gasteiger partial charge in [-0.25, -0.2) is 9.29 Å². The van der Waals surface area contributed by atoms with E-state index in [0.717, 1.165) is 10.6 Å². The normalized spacial score (nSPS) is 20.5. The van der Waals surface area contributed by atoms with Crippen molar-refractivity contribution in [2.75, 3.05) is 36.0 Å². The third kappa shape index (κ3) is 4.32. The molecule has 2 saturated heterocycles. The van der Waals surface area contributed by atoms with Crippen LogP contribution < -0.4 is 9.80 Å². The van der Waals surface area contributed by atoms with Crippen LogP contribution in [0.4, 0.5) is 24.5 Å². The Morgan fingerprint density at radius 1 is 0.867 bits per heavy atom. The van der Waals surface area contributed by atoms with Crippen molar-refractivity contribution < 1.29 is 22.8 Å². The fourth-order valence-electron chi connectivity index (χ4n) is 3.89. The highest BCUT2D eigenvalue weighted by Gasteiger charge is 2.43. The highest BCUT2D eigenvalue weighted by molar-refractivity contribution is 7.99. The predicted molar refractivity (Wildman–Crippen MR) is 109 cm³/mol. The molecule has 2 aromatic carbocycles. The average molecular weight is 435 g/mol. The van der Waals surface area contributed by atoms with Gasteiger partial charge in [-0.3, -0.25) is 14.5 Å². The van der Waals surface area contributed by atoms with Crippen LogP contribution in [0.1, 0.15) is 6.42 Å². The summed E-state index contributed by atoms with van der Waals surface area (Å²) in [6.45, 7) is 2.56. The lowest BCUT2D eigenvalue weighted by atomic mass is 10.1. The maximum Gasteiger partial charge on any atom is 0.288 e. The second-order valence-electron chi connectivity index (χ2n) is 7.16. The van der Waals surface area contributed by atoms with Crippen LogP contribution in [0.15, 0.2) is 53.4 Å². The number of hydrogen-bond acceptors (Lipinski definition) is 5. The van der Waals surface area contributed by atoms with Crippen LogP contribution in [0.5, 0.6) is 0 Å². The van der Waals surface area contributed by atoms with E-state index in [0.29, 0.717) is 48.5 Å². The lowest BCUT2D eigenvalue weighted by Gasteiger charge is -2.38. The highest BCUT2D eigenvalue weighted by atomic mass is 32.2. The number of piperazine rings is 1. The molecule has 2 heterocycles. The van der Waals surface area contributed by atoms with Gasteiger partial charge in [0.05, 0.1) is 18.2 Å². The van der Waals surface area contributed by atoms with E-state index in [1.54, 1.807) is 12.1 Å². The highest BCUT2D eigenvalue weighted by Crippen LogP contribution is 2.30. The molecule has 2 aromatic rings. The molecule has 2 aliphatic heterocycles. The van der Waals surface area contributed by atoms with Gasteiger partial charge in [0, 0.05) is 36.8 Å². The Morgan fingerprint density at radius 2 is 1.47 bits per heavy atom. The number of carbonyl (C=O) groups is 2. The minimum absolute atomic E-state index is 0.100. The van der Waals surface area contributed by atoms with Crippen molar-refractivity contribution in [2.45, 2.75) is 23.1 Å². The summed E-state index contributed by atoms with van der Waals surface area (Å²) < 4.78 is 38.1. The van der Waals surface area contributed by atoms with Crippen LogP contribution in [0.2, 0.25) is 0 Å². The number of carbonyl (C=O) groups excluding carboxylic acids is 2.